The number of hydrogen-bond donors (Lipinski definition) is 0. The molecule has 94 valence electrons. The number of rotatable bonds is 4. The normalized spacial score (nSPS) is 12.4. The van der Waals surface area contributed by atoms with Gasteiger partial charge in [0.15, 0.2) is 0 Å². The molecule has 2 aromatic carbocycles. The number of ether oxygens (including phenoxy) is 1. The van der Waals surface area contributed by atoms with Crippen molar-refractivity contribution in [3.63, 3.8) is 0 Å². The van der Waals surface area contributed by atoms with E-state index in [1.165, 1.54) is 11.1 Å². The van der Waals surface area contributed by atoms with Crippen LogP contribution in [0.1, 0.15) is 37.8 Å². The third kappa shape index (κ3) is 3.13. The van der Waals surface area contributed by atoms with E-state index < -0.39 is 0 Å². The minimum absolute atomic E-state index is 0.224. The summed E-state index contributed by atoms with van der Waals surface area (Å²) in [5.74, 6) is 1.35. The van der Waals surface area contributed by atoms with Gasteiger partial charge in [0.2, 0.25) is 0 Å². The lowest BCUT2D eigenvalue weighted by atomic mass is 9.93. The van der Waals surface area contributed by atoms with Crippen LogP contribution >= 0.6 is 0 Å². The monoisotopic (exact) mass is 240 g/mol. The zero-order valence-electron chi connectivity index (χ0n) is 11.3. The highest BCUT2D eigenvalue weighted by Crippen LogP contribution is 2.25. The van der Waals surface area contributed by atoms with Crippen molar-refractivity contribution in [3.05, 3.63) is 65.7 Å². The molecular weight excluding hydrogens is 220 g/mol. The van der Waals surface area contributed by atoms with Crippen LogP contribution in [-0.2, 0) is 0 Å². The van der Waals surface area contributed by atoms with Gasteiger partial charge < -0.3 is 4.74 Å². The lowest BCUT2D eigenvalue weighted by molar-refractivity contribution is 0.242. The maximum Gasteiger partial charge on any atom is 0.119 e. The quantitative estimate of drug-likeness (QED) is 0.757. The summed E-state index contributed by atoms with van der Waals surface area (Å²) in [6.45, 7) is 6.31. The summed E-state index contributed by atoms with van der Waals surface area (Å²) < 4.78 is 5.65. The average Bonchev–Trinajstić information content (AvgIpc) is 2.39. The molecule has 0 spiro atoms. The Morgan fingerprint density at radius 2 is 1.28 bits per heavy atom. The predicted octanol–water partition coefficient (Wildman–Crippen LogP) is 4.63. The minimum atomic E-state index is 0.224. The molecule has 1 unspecified atom stereocenters. The summed E-state index contributed by atoms with van der Waals surface area (Å²) >= 11 is 0. The van der Waals surface area contributed by atoms with Crippen molar-refractivity contribution in [1.82, 2.24) is 0 Å². The molecule has 0 radical (unpaired) electrons. The first-order valence-electron chi connectivity index (χ1n) is 6.48. The van der Waals surface area contributed by atoms with E-state index in [1.54, 1.807) is 0 Å². The van der Waals surface area contributed by atoms with Crippen LogP contribution in [-0.4, -0.2) is 6.10 Å². The number of hydrogen-bond acceptors (Lipinski definition) is 1. The summed E-state index contributed by atoms with van der Waals surface area (Å²) in [5.41, 5.74) is 2.66. The first kappa shape index (κ1) is 12.7. The molecule has 0 aromatic heterocycles. The highest BCUT2D eigenvalue weighted by Gasteiger charge is 2.08. The Bertz CT molecular complexity index is 471. The van der Waals surface area contributed by atoms with Gasteiger partial charge in [-0.15, -0.1) is 0 Å². The van der Waals surface area contributed by atoms with E-state index in [0.29, 0.717) is 5.92 Å². The van der Waals surface area contributed by atoms with Crippen LogP contribution in [0.3, 0.4) is 0 Å². The van der Waals surface area contributed by atoms with E-state index in [9.17, 15) is 0 Å². The fraction of sp³-hybridized carbons (Fsp3) is 0.294. The highest BCUT2D eigenvalue weighted by atomic mass is 16.5. The van der Waals surface area contributed by atoms with Crippen molar-refractivity contribution >= 4 is 0 Å². The topological polar surface area (TPSA) is 9.23 Å². The smallest absolute Gasteiger partial charge is 0.119 e. The van der Waals surface area contributed by atoms with Crippen LogP contribution < -0.4 is 4.74 Å². The van der Waals surface area contributed by atoms with Gasteiger partial charge in [0, 0.05) is 5.92 Å². The van der Waals surface area contributed by atoms with Crippen molar-refractivity contribution in [2.45, 2.75) is 32.8 Å². The van der Waals surface area contributed by atoms with Gasteiger partial charge in [-0.05, 0) is 37.1 Å². The molecule has 0 amide bonds. The van der Waals surface area contributed by atoms with Gasteiger partial charge in [-0.25, -0.2) is 0 Å². The first-order valence-corrected chi connectivity index (χ1v) is 6.48. The molecule has 1 heteroatoms. The van der Waals surface area contributed by atoms with Crippen molar-refractivity contribution in [1.29, 1.82) is 0 Å². The third-order valence-corrected chi connectivity index (χ3v) is 3.05. The molecule has 1 atom stereocenters. The van der Waals surface area contributed by atoms with Crippen LogP contribution in [0.15, 0.2) is 54.6 Å². The van der Waals surface area contributed by atoms with Crippen LogP contribution in [0.25, 0.3) is 0 Å². The molecule has 0 fully saturated rings. The third-order valence-electron chi connectivity index (χ3n) is 3.05. The zero-order chi connectivity index (χ0) is 13.0. The Morgan fingerprint density at radius 1 is 0.722 bits per heavy atom. The molecule has 0 bridgehead atoms. The van der Waals surface area contributed by atoms with Gasteiger partial charge >= 0.3 is 0 Å². The summed E-state index contributed by atoms with van der Waals surface area (Å²) in [6.07, 6.45) is 0.224. The second kappa shape index (κ2) is 5.72. The molecule has 0 aliphatic carbocycles. The lowest BCUT2D eigenvalue weighted by Crippen LogP contribution is -2.05. The van der Waals surface area contributed by atoms with Gasteiger partial charge in [-0.2, -0.15) is 0 Å². The van der Waals surface area contributed by atoms with Gasteiger partial charge in [-0.1, -0.05) is 49.4 Å². The molecule has 2 aromatic rings. The molecule has 0 aliphatic rings. The molecule has 2 rings (SSSR count). The fourth-order valence-corrected chi connectivity index (χ4v) is 2.04. The molecule has 0 heterocycles. The van der Waals surface area contributed by atoms with E-state index >= 15 is 0 Å². The molecule has 0 aliphatic heterocycles. The van der Waals surface area contributed by atoms with Gasteiger partial charge in [0.05, 0.1) is 6.10 Å². The summed E-state index contributed by atoms with van der Waals surface area (Å²) in [4.78, 5) is 0. The molecule has 0 saturated carbocycles. The first-order chi connectivity index (χ1) is 8.66. The Labute approximate surface area is 109 Å². The highest BCUT2D eigenvalue weighted by molar-refractivity contribution is 5.35. The number of benzene rings is 2. The molecule has 1 nitrogen and oxygen atoms in total. The Kier molecular flexibility index (Phi) is 4.03. The van der Waals surface area contributed by atoms with Crippen LogP contribution in [0.2, 0.25) is 0 Å². The second-order valence-corrected chi connectivity index (χ2v) is 4.87. The van der Waals surface area contributed by atoms with Crippen molar-refractivity contribution in [2.75, 3.05) is 0 Å². The lowest BCUT2D eigenvalue weighted by Gasteiger charge is -2.14. The van der Waals surface area contributed by atoms with Gasteiger partial charge in [0.1, 0.15) is 5.75 Å². The Balaban J connectivity index is 2.14. The van der Waals surface area contributed by atoms with Crippen molar-refractivity contribution in [2.24, 2.45) is 0 Å². The summed E-state index contributed by atoms with van der Waals surface area (Å²) in [5, 5.41) is 0. The van der Waals surface area contributed by atoms with Crippen LogP contribution in [0.4, 0.5) is 0 Å². The predicted molar refractivity (Wildman–Crippen MR) is 76.2 cm³/mol. The fourth-order valence-electron chi connectivity index (χ4n) is 2.04. The average molecular weight is 240 g/mol. The molecule has 0 saturated heterocycles. The standard InChI is InChI=1S/C17H20O/c1-13(2)18-17-11-9-16(10-12-17)14(3)15-7-5-4-6-8-15/h4-14H,1-3H3. The van der Waals surface area contributed by atoms with E-state index in [1.807, 2.05) is 13.8 Å². The maximum atomic E-state index is 5.65. The zero-order valence-corrected chi connectivity index (χ0v) is 11.3. The SMILES string of the molecule is CC(C)Oc1ccc(C(C)c2ccccc2)cc1. The van der Waals surface area contributed by atoms with Crippen molar-refractivity contribution in [3.8, 4) is 5.75 Å². The van der Waals surface area contributed by atoms with E-state index in [0.717, 1.165) is 5.75 Å². The van der Waals surface area contributed by atoms with Crippen molar-refractivity contribution < 1.29 is 4.74 Å². The second-order valence-electron chi connectivity index (χ2n) is 4.87. The molecule has 18 heavy (non-hydrogen) atoms. The minimum Gasteiger partial charge on any atom is -0.491 e. The Morgan fingerprint density at radius 3 is 1.83 bits per heavy atom. The van der Waals surface area contributed by atoms with Crippen LogP contribution in [0, 0.1) is 0 Å². The van der Waals surface area contributed by atoms with Crippen LogP contribution in [0.5, 0.6) is 5.75 Å². The van der Waals surface area contributed by atoms with Gasteiger partial charge in [-0.3, -0.25) is 0 Å². The van der Waals surface area contributed by atoms with E-state index in [-0.39, 0.29) is 6.10 Å². The molecular formula is C17H20O. The maximum absolute atomic E-state index is 5.65. The van der Waals surface area contributed by atoms with Gasteiger partial charge in [0.25, 0.3) is 0 Å². The Hall–Kier alpha value is -1.76. The summed E-state index contributed by atoms with van der Waals surface area (Å²) in [7, 11) is 0. The molecule has 0 N–H and O–H groups in total. The summed E-state index contributed by atoms with van der Waals surface area (Å²) in [6, 6.07) is 19.0. The largest absolute Gasteiger partial charge is 0.491 e. The van der Waals surface area contributed by atoms with E-state index in [2.05, 4.69) is 61.5 Å². The van der Waals surface area contributed by atoms with E-state index in [4.69, 9.17) is 4.74 Å².